The smallest absolute Gasteiger partial charge is 0.0805 e. The molecule has 0 amide bonds. The van der Waals surface area contributed by atoms with Crippen molar-refractivity contribution in [2.24, 2.45) is 5.84 Å². The van der Waals surface area contributed by atoms with Gasteiger partial charge in [0.15, 0.2) is 0 Å². The molecule has 0 aromatic heterocycles. The van der Waals surface area contributed by atoms with Gasteiger partial charge in [-0.2, -0.15) is 0 Å². The Labute approximate surface area is 85.9 Å². The van der Waals surface area contributed by atoms with Gasteiger partial charge in [-0.15, -0.1) is 0 Å². The fraction of sp³-hybridized carbons (Fsp3) is 0.455. The molecule has 0 fully saturated rings. The minimum atomic E-state index is 0.660. The van der Waals surface area contributed by atoms with E-state index in [1.807, 2.05) is 7.05 Å². The molecule has 0 aliphatic carbocycles. The quantitative estimate of drug-likeness (QED) is 0.423. The summed E-state index contributed by atoms with van der Waals surface area (Å²) in [6, 6.07) is 8.60. The predicted octanol–water partition coefficient (Wildman–Crippen LogP) is 1.50. The van der Waals surface area contributed by atoms with Gasteiger partial charge in [0, 0.05) is 12.7 Å². The van der Waals surface area contributed by atoms with Crippen LogP contribution in [-0.2, 0) is 6.42 Å². The number of benzene rings is 1. The molecule has 14 heavy (non-hydrogen) atoms. The van der Waals surface area contributed by atoms with Crippen molar-refractivity contribution in [1.82, 2.24) is 5.43 Å². The average molecular weight is 193 g/mol. The van der Waals surface area contributed by atoms with E-state index in [1.165, 1.54) is 17.7 Å². The van der Waals surface area contributed by atoms with Crippen molar-refractivity contribution >= 4 is 5.69 Å². The van der Waals surface area contributed by atoms with E-state index in [-0.39, 0.29) is 0 Å². The van der Waals surface area contributed by atoms with Crippen LogP contribution in [0.15, 0.2) is 24.3 Å². The van der Waals surface area contributed by atoms with E-state index in [4.69, 9.17) is 5.84 Å². The molecule has 0 saturated carbocycles. The van der Waals surface area contributed by atoms with E-state index in [2.05, 4.69) is 41.5 Å². The maximum absolute atomic E-state index is 5.25. The van der Waals surface area contributed by atoms with Gasteiger partial charge < -0.3 is 4.90 Å². The Morgan fingerprint density at radius 3 is 2.43 bits per heavy atom. The molecule has 0 bridgehead atoms. The van der Waals surface area contributed by atoms with Gasteiger partial charge in [0.1, 0.15) is 0 Å². The first-order valence-electron chi connectivity index (χ1n) is 5.01. The molecule has 0 aliphatic heterocycles. The van der Waals surface area contributed by atoms with Crippen LogP contribution in [0.2, 0.25) is 0 Å². The number of hydrazine groups is 1. The highest BCUT2D eigenvalue weighted by Crippen LogP contribution is 2.13. The molecule has 1 rings (SSSR count). The fourth-order valence-corrected chi connectivity index (χ4v) is 1.43. The number of hydrogen-bond acceptors (Lipinski definition) is 3. The number of nitrogens with one attached hydrogen (secondary N) is 1. The Bertz CT molecular complexity index is 256. The lowest BCUT2D eigenvalue weighted by Crippen LogP contribution is -2.35. The van der Waals surface area contributed by atoms with E-state index < -0.39 is 0 Å². The Hall–Kier alpha value is -1.06. The van der Waals surface area contributed by atoms with Gasteiger partial charge in [0.05, 0.1) is 6.67 Å². The molecule has 3 N–H and O–H groups in total. The lowest BCUT2D eigenvalue weighted by Gasteiger charge is -2.18. The van der Waals surface area contributed by atoms with Crippen molar-refractivity contribution in [2.45, 2.75) is 19.8 Å². The summed E-state index contributed by atoms with van der Waals surface area (Å²) in [4.78, 5) is 2.07. The Morgan fingerprint density at radius 2 is 1.93 bits per heavy atom. The summed E-state index contributed by atoms with van der Waals surface area (Å²) in [7, 11) is 2.01. The van der Waals surface area contributed by atoms with E-state index in [0.717, 1.165) is 6.42 Å². The first kappa shape index (κ1) is 11.0. The van der Waals surface area contributed by atoms with Crippen LogP contribution >= 0.6 is 0 Å². The number of anilines is 1. The first-order chi connectivity index (χ1) is 6.77. The van der Waals surface area contributed by atoms with Crippen molar-refractivity contribution in [2.75, 3.05) is 18.6 Å². The van der Waals surface area contributed by atoms with Crippen LogP contribution in [0.4, 0.5) is 5.69 Å². The van der Waals surface area contributed by atoms with Gasteiger partial charge in [-0.3, -0.25) is 5.84 Å². The molecule has 0 atom stereocenters. The molecular weight excluding hydrogens is 174 g/mol. The molecule has 3 nitrogen and oxygen atoms in total. The van der Waals surface area contributed by atoms with Crippen molar-refractivity contribution < 1.29 is 0 Å². The van der Waals surface area contributed by atoms with Crippen LogP contribution in [0.25, 0.3) is 0 Å². The number of nitrogens with two attached hydrogens (primary N) is 1. The summed E-state index contributed by atoms with van der Waals surface area (Å²) in [6.07, 6.45) is 2.35. The molecule has 78 valence electrons. The van der Waals surface area contributed by atoms with E-state index in [9.17, 15) is 0 Å². The van der Waals surface area contributed by atoms with Gasteiger partial charge >= 0.3 is 0 Å². The highest BCUT2D eigenvalue weighted by atomic mass is 15.3. The molecule has 0 heterocycles. The van der Waals surface area contributed by atoms with Crippen molar-refractivity contribution in [3.8, 4) is 0 Å². The van der Waals surface area contributed by atoms with Gasteiger partial charge in [0.25, 0.3) is 0 Å². The third-order valence-electron chi connectivity index (χ3n) is 2.24. The van der Waals surface area contributed by atoms with Crippen LogP contribution in [0, 0.1) is 0 Å². The standard InChI is InChI=1S/C11H19N3/c1-3-4-10-5-7-11(8-6-10)14(2)9-13-12/h5-8,13H,3-4,9,12H2,1-2H3. The average Bonchev–Trinajstić information content (AvgIpc) is 2.20. The summed E-state index contributed by atoms with van der Waals surface area (Å²) in [5.74, 6) is 5.25. The molecule has 3 heteroatoms. The number of hydrogen-bond donors (Lipinski definition) is 2. The lowest BCUT2D eigenvalue weighted by molar-refractivity contribution is 0.718. The van der Waals surface area contributed by atoms with Crippen molar-refractivity contribution in [1.29, 1.82) is 0 Å². The van der Waals surface area contributed by atoms with Gasteiger partial charge in [0.2, 0.25) is 0 Å². The van der Waals surface area contributed by atoms with Crippen LogP contribution in [-0.4, -0.2) is 13.7 Å². The van der Waals surface area contributed by atoms with Crippen molar-refractivity contribution in [3.05, 3.63) is 29.8 Å². The van der Waals surface area contributed by atoms with E-state index in [0.29, 0.717) is 6.67 Å². The van der Waals surface area contributed by atoms with Crippen LogP contribution in [0.5, 0.6) is 0 Å². The maximum atomic E-state index is 5.25. The SMILES string of the molecule is CCCc1ccc(N(C)CNN)cc1. The molecule has 0 saturated heterocycles. The van der Waals surface area contributed by atoms with E-state index in [1.54, 1.807) is 0 Å². The van der Waals surface area contributed by atoms with Crippen LogP contribution < -0.4 is 16.2 Å². The summed E-state index contributed by atoms with van der Waals surface area (Å²) in [5.41, 5.74) is 5.21. The van der Waals surface area contributed by atoms with Gasteiger partial charge in [-0.1, -0.05) is 25.5 Å². The van der Waals surface area contributed by atoms with Crippen LogP contribution in [0.1, 0.15) is 18.9 Å². The van der Waals surface area contributed by atoms with Gasteiger partial charge in [-0.05, 0) is 24.1 Å². The maximum Gasteiger partial charge on any atom is 0.0805 e. The zero-order valence-electron chi connectivity index (χ0n) is 8.96. The minimum absolute atomic E-state index is 0.660. The second kappa shape index (κ2) is 5.62. The second-order valence-electron chi connectivity index (χ2n) is 3.48. The fourth-order valence-electron chi connectivity index (χ4n) is 1.43. The Morgan fingerprint density at radius 1 is 1.29 bits per heavy atom. The Kier molecular flexibility index (Phi) is 4.43. The topological polar surface area (TPSA) is 41.3 Å². The lowest BCUT2D eigenvalue weighted by atomic mass is 10.1. The number of rotatable bonds is 5. The summed E-state index contributed by atoms with van der Waals surface area (Å²) in [5, 5.41) is 0. The normalized spacial score (nSPS) is 10.2. The van der Waals surface area contributed by atoms with Crippen LogP contribution in [0.3, 0.4) is 0 Å². The predicted molar refractivity (Wildman–Crippen MR) is 61.0 cm³/mol. The van der Waals surface area contributed by atoms with E-state index >= 15 is 0 Å². The summed E-state index contributed by atoms with van der Waals surface area (Å²) < 4.78 is 0. The molecular formula is C11H19N3. The summed E-state index contributed by atoms with van der Waals surface area (Å²) >= 11 is 0. The molecule has 0 spiro atoms. The van der Waals surface area contributed by atoms with Gasteiger partial charge in [-0.25, -0.2) is 5.43 Å². The molecule has 0 aliphatic rings. The monoisotopic (exact) mass is 193 g/mol. The largest absolute Gasteiger partial charge is 0.361 e. The highest BCUT2D eigenvalue weighted by molar-refractivity contribution is 5.46. The molecule has 1 aromatic carbocycles. The third kappa shape index (κ3) is 3.01. The third-order valence-corrected chi connectivity index (χ3v) is 2.24. The zero-order valence-corrected chi connectivity index (χ0v) is 8.96. The van der Waals surface area contributed by atoms with Crippen molar-refractivity contribution in [3.63, 3.8) is 0 Å². The highest BCUT2D eigenvalue weighted by Gasteiger charge is 1.98. The number of aryl methyl sites for hydroxylation is 1. The summed E-state index contributed by atoms with van der Waals surface area (Å²) in [6.45, 7) is 2.85. The molecule has 1 aromatic rings. The second-order valence-corrected chi connectivity index (χ2v) is 3.48. The zero-order chi connectivity index (χ0) is 10.4. The molecule has 0 radical (unpaired) electrons. The number of nitrogens with zero attached hydrogens (tertiary/aromatic N) is 1. The Balaban J connectivity index is 2.62. The minimum Gasteiger partial charge on any atom is -0.361 e. The first-order valence-corrected chi connectivity index (χ1v) is 5.01. The molecule has 0 unspecified atom stereocenters.